The second kappa shape index (κ2) is 6.81. The van der Waals surface area contributed by atoms with Crippen LogP contribution < -0.4 is 4.74 Å². The highest BCUT2D eigenvalue weighted by molar-refractivity contribution is 5.37. The van der Waals surface area contributed by atoms with Crippen LogP contribution in [0.4, 0.5) is 0 Å². The maximum Gasteiger partial charge on any atom is 0.122 e. The number of hydrogen-bond donors (Lipinski definition) is 0. The summed E-state index contributed by atoms with van der Waals surface area (Å²) in [5, 5.41) is 3.47. The molecule has 4 nitrogen and oxygen atoms in total. The molecule has 0 atom stereocenters. The van der Waals surface area contributed by atoms with Crippen molar-refractivity contribution >= 4 is 0 Å². The van der Waals surface area contributed by atoms with Crippen LogP contribution in [0.2, 0.25) is 0 Å². The van der Waals surface area contributed by atoms with Crippen LogP contribution >= 0.6 is 0 Å². The van der Waals surface area contributed by atoms with Crippen molar-refractivity contribution in [1.82, 2.24) is 0 Å². The second-order valence-electron chi connectivity index (χ2n) is 4.34. The molecule has 0 unspecified atom stereocenters. The number of rotatable bonds is 6. The summed E-state index contributed by atoms with van der Waals surface area (Å²) in [5.74, 6) is 1.43. The Morgan fingerprint density at radius 2 is 2.18 bits per heavy atom. The average molecular weight is 233 g/mol. The van der Waals surface area contributed by atoms with Gasteiger partial charge in [0.25, 0.3) is 0 Å². The van der Waals surface area contributed by atoms with Gasteiger partial charge in [-0.05, 0) is 42.0 Å². The van der Waals surface area contributed by atoms with E-state index in [9.17, 15) is 0 Å². The molecule has 0 N–H and O–H groups in total. The van der Waals surface area contributed by atoms with Crippen molar-refractivity contribution in [2.24, 2.45) is 5.11 Å². The summed E-state index contributed by atoms with van der Waals surface area (Å²) in [6, 6.07) is 6.30. The summed E-state index contributed by atoms with van der Waals surface area (Å²) in [6.07, 6.45) is 0.745. The van der Waals surface area contributed by atoms with Crippen LogP contribution in [0.3, 0.4) is 0 Å². The fourth-order valence-electron chi connectivity index (χ4n) is 1.49. The zero-order valence-electron chi connectivity index (χ0n) is 10.7. The molecule has 1 aromatic carbocycles. The molecule has 0 aliphatic rings. The van der Waals surface area contributed by atoms with Gasteiger partial charge in [0.05, 0.1) is 6.61 Å². The van der Waals surface area contributed by atoms with E-state index in [4.69, 9.17) is 10.3 Å². The van der Waals surface area contributed by atoms with E-state index >= 15 is 0 Å². The minimum absolute atomic E-state index is 0.486. The molecular weight excluding hydrogens is 214 g/mol. The highest BCUT2D eigenvalue weighted by Gasteiger charge is 2.04. The molecule has 1 rings (SSSR count). The monoisotopic (exact) mass is 233 g/mol. The van der Waals surface area contributed by atoms with Gasteiger partial charge < -0.3 is 4.74 Å². The van der Waals surface area contributed by atoms with Gasteiger partial charge in [-0.1, -0.05) is 31.1 Å². The highest BCUT2D eigenvalue weighted by atomic mass is 16.5. The van der Waals surface area contributed by atoms with Crippen molar-refractivity contribution in [2.75, 3.05) is 13.2 Å². The molecule has 0 aliphatic heterocycles. The minimum atomic E-state index is 0.486. The first kappa shape index (κ1) is 13.4. The number of hydrogen-bond acceptors (Lipinski definition) is 2. The topological polar surface area (TPSA) is 58.0 Å². The number of aryl methyl sites for hydroxylation is 1. The number of benzene rings is 1. The van der Waals surface area contributed by atoms with Crippen molar-refractivity contribution in [3.05, 3.63) is 39.8 Å². The SMILES string of the molecule is Cc1ccc(C(C)C)cc1OCCCN=[N+]=[N-]. The van der Waals surface area contributed by atoms with E-state index in [-0.39, 0.29) is 0 Å². The van der Waals surface area contributed by atoms with Crippen molar-refractivity contribution in [2.45, 2.75) is 33.1 Å². The first-order valence-corrected chi connectivity index (χ1v) is 5.89. The zero-order valence-corrected chi connectivity index (χ0v) is 10.7. The first-order chi connectivity index (χ1) is 8.15. The largest absolute Gasteiger partial charge is 0.493 e. The quantitative estimate of drug-likeness (QED) is 0.314. The van der Waals surface area contributed by atoms with E-state index in [1.165, 1.54) is 5.56 Å². The fraction of sp³-hybridized carbons (Fsp3) is 0.538. The normalized spacial score (nSPS) is 10.1. The van der Waals surface area contributed by atoms with Crippen LogP contribution in [0.25, 0.3) is 10.4 Å². The van der Waals surface area contributed by atoms with E-state index in [1.54, 1.807) is 0 Å². The summed E-state index contributed by atoms with van der Waals surface area (Å²) in [6.45, 7) is 7.43. The number of nitrogens with zero attached hydrogens (tertiary/aromatic N) is 3. The fourth-order valence-corrected chi connectivity index (χ4v) is 1.49. The van der Waals surface area contributed by atoms with Gasteiger partial charge in [-0.3, -0.25) is 0 Å². The maximum absolute atomic E-state index is 8.14. The van der Waals surface area contributed by atoms with Gasteiger partial charge in [-0.15, -0.1) is 0 Å². The third-order valence-corrected chi connectivity index (χ3v) is 2.60. The molecule has 0 spiro atoms. The molecule has 0 saturated heterocycles. The van der Waals surface area contributed by atoms with Gasteiger partial charge in [0.15, 0.2) is 0 Å². The molecule has 0 amide bonds. The Balaban J connectivity index is 2.57. The Kier molecular flexibility index (Phi) is 5.37. The predicted molar refractivity (Wildman–Crippen MR) is 69.4 cm³/mol. The molecule has 17 heavy (non-hydrogen) atoms. The molecular formula is C13H19N3O. The second-order valence-corrected chi connectivity index (χ2v) is 4.34. The van der Waals surface area contributed by atoms with Crippen LogP contribution in [0.5, 0.6) is 5.75 Å². The lowest BCUT2D eigenvalue weighted by Crippen LogP contribution is -2.01. The molecule has 0 radical (unpaired) electrons. The van der Waals surface area contributed by atoms with Crippen molar-refractivity contribution in [3.63, 3.8) is 0 Å². The molecule has 4 heteroatoms. The van der Waals surface area contributed by atoms with Crippen LogP contribution in [-0.2, 0) is 0 Å². The lowest BCUT2D eigenvalue weighted by Gasteiger charge is -2.12. The van der Waals surface area contributed by atoms with Gasteiger partial charge in [0.2, 0.25) is 0 Å². The summed E-state index contributed by atoms with van der Waals surface area (Å²) in [7, 11) is 0. The first-order valence-electron chi connectivity index (χ1n) is 5.89. The van der Waals surface area contributed by atoms with E-state index in [2.05, 4.69) is 42.1 Å². The summed E-state index contributed by atoms with van der Waals surface area (Å²) >= 11 is 0. The Morgan fingerprint density at radius 3 is 2.82 bits per heavy atom. The van der Waals surface area contributed by atoms with E-state index in [0.29, 0.717) is 19.1 Å². The Hall–Kier alpha value is -1.67. The lowest BCUT2D eigenvalue weighted by molar-refractivity contribution is 0.311. The third kappa shape index (κ3) is 4.37. The molecule has 0 aromatic heterocycles. The lowest BCUT2D eigenvalue weighted by atomic mass is 10.0. The van der Waals surface area contributed by atoms with E-state index in [1.807, 2.05) is 6.92 Å². The molecule has 0 bridgehead atoms. The van der Waals surface area contributed by atoms with Crippen LogP contribution in [0.15, 0.2) is 23.3 Å². The third-order valence-electron chi connectivity index (χ3n) is 2.60. The van der Waals surface area contributed by atoms with Gasteiger partial charge in [-0.2, -0.15) is 0 Å². The van der Waals surface area contributed by atoms with Crippen LogP contribution in [0, 0.1) is 6.92 Å². The van der Waals surface area contributed by atoms with E-state index in [0.717, 1.165) is 17.7 Å². The van der Waals surface area contributed by atoms with Crippen LogP contribution in [-0.4, -0.2) is 13.2 Å². The van der Waals surface area contributed by atoms with Gasteiger partial charge in [-0.25, -0.2) is 0 Å². The number of azide groups is 1. The molecule has 0 fully saturated rings. The molecule has 0 heterocycles. The average Bonchev–Trinajstić information content (AvgIpc) is 2.30. The summed E-state index contributed by atoms with van der Waals surface area (Å²) < 4.78 is 5.69. The number of ether oxygens (including phenoxy) is 1. The standard InChI is InChI=1S/C13H19N3O/c1-10(2)12-6-5-11(3)13(9-12)17-8-4-7-15-16-14/h5-6,9-10H,4,7-8H2,1-3H3. The van der Waals surface area contributed by atoms with Crippen molar-refractivity contribution in [3.8, 4) is 5.75 Å². The Bertz CT molecular complexity index is 409. The molecule has 0 saturated carbocycles. The maximum atomic E-state index is 8.14. The van der Waals surface area contributed by atoms with Gasteiger partial charge in [0, 0.05) is 11.5 Å². The van der Waals surface area contributed by atoms with Crippen molar-refractivity contribution < 1.29 is 4.74 Å². The van der Waals surface area contributed by atoms with E-state index < -0.39 is 0 Å². The molecule has 0 aliphatic carbocycles. The predicted octanol–water partition coefficient (Wildman–Crippen LogP) is 4.20. The Morgan fingerprint density at radius 1 is 1.41 bits per heavy atom. The minimum Gasteiger partial charge on any atom is -0.493 e. The smallest absolute Gasteiger partial charge is 0.122 e. The molecule has 92 valence electrons. The highest BCUT2D eigenvalue weighted by Crippen LogP contribution is 2.24. The van der Waals surface area contributed by atoms with Crippen molar-refractivity contribution in [1.29, 1.82) is 0 Å². The van der Waals surface area contributed by atoms with Crippen LogP contribution in [0.1, 0.15) is 37.3 Å². The zero-order chi connectivity index (χ0) is 12.7. The van der Waals surface area contributed by atoms with Gasteiger partial charge >= 0.3 is 0 Å². The summed E-state index contributed by atoms with van der Waals surface area (Å²) in [5.41, 5.74) is 10.6. The summed E-state index contributed by atoms with van der Waals surface area (Å²) in [4.78, 5) is 2.70. The van der Waals surface area contributed by atoms with Gasteiger partial charge in [0.1, 0.15) is 5.75 Å². The Labute approximate surface area is 102 Å². The molecule has 1 aromatic rings.